The Labute approximate surface area is 107 Å². The van der Waals surface area contributed by atoms with E-state index in [1.54, 1.807) is 19.2 Å². The Balaban J connectivity index is 2.26. The molecule has 1 aromatic heterocycles. The average molecular weight is 249 g/mol. The van der Waals surface area contributed by atoms with Crippen LogP contribution in [-0.4, -0.2) is 30.6 Å². The summed E-state index contributed by atoms with van der Waals surface area (Å²) in [6, 6.07) is 1.61. The van der Waals surface area contributed by atoms with Crippen molar-refractivity contribution in [1.29, 1.82) is 0 Å². The van der Waals surface area contributed by atoms with Crippen molar-refractivity contribution in [3.05, 3.63) is 17.8 Å². The van der Waals surface area contributed by atoms with Crippen LogP contribution in [0.1, 0.15) is 36.5 Å². The van der Waals surface area contributed by atoms with Crippen LogP contribution in [0.4, 0.5) is 11.5 Å². The molecule has 0 unspecified atom stereocenters. The highest BCUT2D eigenvalue weighted by atomic mass is 16.5. The zero-order valence-corrected chi connectivity index (χ0v) is 10.7. The summed E-state index contributed by atoms with van der Waals surface area (Å²) in [5.41, 5.74) is 6.88. The van der Waals surface area contributed by atoms with Crippen molar-refractivity contribution in [3.63, 3.8) is 0 Å². The van der Waals surface area contributed by atoms with E-state index in [2.05, 4.69) is 9.88 Å². The number of nitrogens with zero attached hydrogens (tertiary/aromatic N) is 2. The number of piperidine rings is 1. The maximum atomic E-state index is 11.8. The molecule has 1 aliphatic heterocycles. The summed E-state index contributed by atoms with van der Waals surface area (Å²) in [7, 11) is 0. The molecule has 0 aromatic carbocycles. The van der Waals surface area contributed by atoms with E-state index >= 15 is 0 Å². The van der Waals surface area contributed by atoms with Crippen LogP contribution in [0.5, 0.6) is 0 Å². The van der Waals surface area contributed by atoms with Crippen LogP contribution in [0, 0.1) is 0 Å². The number of esters is 1. The summed E-state index contributed by atoms with van der Waals surface area (Å²) >= 11 is 0. The number of nitrogens with two attached hydrogens (primary N) is 1. The van der Waals surface area contributed by atoms with E-state index in [9.17, 15) is 4.79 Å². The van der Waals surface area contributed by atoms with Gasteiger partial charge in [-0.2, -0.15) is 0 Å². The van der Waals surface area contributed by atoms with Gasteiger partial charge in [-0.15, -0.1) is 0 Å². The van der Waals surface area contributed by atoms with Gasteiger partial charge >= 0.3 is 5.97 Å². The van der Waals surface area contributed by atoms with Crippen molar-refractivity contribution in [2.45, 2.75) is 26.2 Å². The van der Waals surface area contributed by atoms with Gasteiger partial charge in [0.15, 0.2) is 5.82 Å². The molecule has 1 saturated heterocycles. The summed E-state index contributed by atoms with van der Waals surface area (Å²) in [6.07, 6.45) is 5.15. The van der Waals surface area contributed by atoms with Crippen molar-refractivity contribution in [2.75, 3.05) is 30.3 Å². The summed E-state index contributed by atoms with van der Waals surface area (Å²) < 4.78 is 4.99. The molecule has 2 heterocycles. The second-order valence-electron chi connectivity index (χ2n) is 4.36. The number of pyridine rings is 1. The zero-order valence-electron chi connectivity index (χ0n) is 10.7. The first kappa shape index (κ1) is 12.7. The lowest BCUT2D eigenvalue weighted by atomic mass is 10.1. The molecule has 18 heavy (non-hydrogen) atoms. The molecule has 5 nitrogen and oxygen atoms in total. The van der Waals surface area contributed by atoms with E-state index in [4.69, 9.17) is 10.5 Å². The molecule has 0 amide bonds. The van der Waals surface area contributed by atoms with Gasteiger partial charge in [0.1, 0.15) is 0 Å². The highest BCUT2D eigenvalue weighted by Gasteiger charge is 2.19. The lowest BCUT2D eigenvalue weighted by Crippen LogP contribution is -2.31. The summed E-state index contributed by atoms with van der Waals surface area (Å²) in [6.45, 7) is 4.02. The third kappa shape index (κ3) is 2.55. The molecule has 5 heteroatoms. The fourth-order valence-corrected chi connectivity index (χ4v) is 2.21. The van der Waals surface area contributed by atoms with E-state index in [-0.39, 0.29) is 5.97 Å². The topological polar surface area (TPSA) is 68.5 Å². The minimum Gasteiger partial charge on any atom is -0.462 e. The van der Waals surface area contributed by atoms with Crippen molar-refractivity contribution < 1.29 is 9.53 Å². The predicted octanol–water partition coefficient (Wildman–Crippen LogP) is 1.83. The van der Waals surface area contributed by atoms with Crippen molar-refractivity contribution in [3.8, 4) is 0 Å². The van der Waals surface area contributed by atoms with Gasteiger partial charge in [-0.1, -0.05) is 0 Å². The Morgan fingerprint density at radius 1 is 1.44 bits per heavy atom. The lowest BCUT2D eigenvalue weighted by Gasteiger charge is -2.29. The molecule has 0 bridgehead atoms. The Morgan fingerprint density at radius 2 is 2.17 bits per heavy atom. The quantitative estimate of drug-likeness (QED) is 0.828. The van der Waals surface area contributed by atoms with Gasteiger partial charge in [-0.3, -0.25) is 0 Å². The molecule has 1 fully saturated rings. The van der Waals surface area contributed by atoms with Crippen LogP contribution >= 0.6 is 0 Å². The molecule has 98 valence electrons. The molecule has 0 saturated carbocycles. The molecular weight excluding hydrogens is 230 g/mol. The Morgan fingerprint density at radius 3 is 2.83 bits per heavy atom. The average Bonchev–Trinajstić information content (AvgIpc) is 2.40. The van der Waals surface area contributed by atoms with Gasteiger partial charge in [-0.05, 0) is 32.3 Å². The SMILES string of the molecule is CCOC(=O)c1ccnc(N2CCCCC2)c1N. The van der Waals surface area contributed by atoms with Gasteiger partial charge in [0.05, 0.1) is 17.9 Å². The zero-order chi connectivity index (χ0) is 13.0. The van der Waals surface area contributed by atoms with Crippen LogP contribution in [0.25, 0.3) is 0 Å². The lowest BCUT2D eigenvalue weighted by molar-refractivity contribution is 0.0527. The number of carbonyl (C=O) groups is 1. The second-order valence-corrected chi connectivity index (χ2v) is 4.36. The van der Waals surface area contributed by atoms with Gasteiger partial charge in [0.25, 0.3) is 0 Å². The molecule has 1 aromatic rings. The third-order valence-electron chi connectivity index (χ3n) is 3.12. The third-order valence-corrected chi connectivity index (χ3v) is 3.12. The monoisotopic (exact) mass is 249 g/mol. The number of ether oxygens (including phenoxy) is 1. The molecule has 2 N–H and O–H groups in total. The number of carbonyl (C=O) groups excluding carboxylic acids is 1. The van der Waals surface area contributed by atoms with Crippen LogP contribution < -0.4 is 10.6 Å². The molecule has 2 rings (SSSR count). The maximum absolute atomic E-state index is 11.8. The van der Waals surface area contributed by atoms with E-state index in [0.717, 1.165) is 25.9 Å². The molecule has 0 aliphatic carbocycles. The Kier molecular flexibility index (Phi) is 4.02. The first-order valence-corrected chi connectivity index (χ1v) is 6.40. The van der Waals surface area contributed by atoms with Gasteiger partial charge in [-0.25, -0.2) is 9.78 Å². The van der Waals surface area contributed by atoms with Crippen LogP contribution in [0.3, 0.4) is 0 Å². The molecule has 0 atom stereocenters. The fraction of sp³-hybridized carbons (Fsp3) is 0.538. The Bertz CT molecular complexity index is 428. The number of hydrogen-bond donors (Lipinski definition) is 1. The van der Waals surface area contributed by atoms with Crippen LogP contribution in [0.15, 0.2) is 12.3 Å². The van der Waals surface area contributed by atoms with Crippen molar-refractivity contribution in [2.24, 2.45) is 0 Å². The van der Waals surface area contributed by atoms with Crippen molar-refractivity contribution >= 4 is 17.5 Å². The second kappa shape index (κ2) is 5.71. The minimum absolute atomic E-state index is 0.347. The van der Waals surface area contributed by atoms with Crippen molar-refractivity contribution in [1.82, 2.24) is 4.98 Å². The molecule has 0 spiro atoms. The van der Waals surface area contributed by atoms with E-state index < -0.39 is 0 Å². The number of nitrogen functional groups attached to an aromatic ring is 1. The summed E-state index contributed by atoms with van der Waals surface area (Å²) in [5, 5.41) is 0. The van der Waals surface area contributed by atoms with Gasteiger partial charge < -0.3 is 15.4 Å². The number of rotatable bonds is 3. The molecule has 0 radical (unpaired) electrons. The summed E-state index contributed by atoms with van der Waals surface area (Å²) in [4.78, 5) is 18.2. The first-order chi connectivity index (χ1) is 8.74. The van der Waals surface area contributed by atoms with E-state index in [0.29, 0.717) is 23.7 Å². The standard InChI is InChI=1S/C13H19N3O2/c1-2-18-13(17)10-6-7-15-12(11(10)14)16-8-4-3-5-9-16/h6-7H,2-5,8-9,14H2,1H3. The fourth-order valence-electron chi connectivity index (χ4n) is 2.21. The van der Waals surface area contributed by atoms with E-state index in [1.807, 2.05) is 0 Å². The van der Waals surface area contributed by atoms with Gasteiger partial charge in [0, 0.05) is 19.3 Å². The summed E-state index contributed by atoms with van der Waals surface area (Å²) in [5.74, 6) is 0.330. The number of anilines is 2. The van der Waals surface area contributed by atoms with E-state index in [1.165, 1.54) is 6.42 Å². The Hall–Kier alpha value is -1.78. The molecule has 1 aliphatic rings. The smallest absolute Gasteiger partial charge is 0.340 e. The number of hydrogen-bond acceptors (Lipinski definition) is 5. The van der Waals surface area contributed by atoms with Crippen LogP contribution in [0.2, 0.25) is 0 Å². The predicted molar refractivity (Wildman–Crippen MR) is 70.7 cm³/mol. The first-order valence-electron chi connectivity index (χ1n) is 6.40. The maximum Gasteiger partial charge on any atom is 0.340 e. The molecular formula is C13H19N3O2. The van der Waals surface area contributed by atoms with Crippen LogP contribution in [-0.2, 0) is 4.74 Å². The highest BCUT2D eigenvalue weighted by Crippen LogP contribution is 2.26. The van der Waals surface area contributed by atoms with Gasteiger partial charge in [0.2, 0.25) is 0 Å². The largest absolute Gasteiger partial charge is 0.462 e. The highest BCUT2D eigenvalue weighted by molar-refractivity contribution is 5.97. The normalized spacial score (nSPS) is 15.5. The number of aromatic nitrogens is 1. The minimum atomic E-state index is -0.379.